The van der Waals surface area contributed by atoms with Gasteiger partial charge in [0.15, 0.2) is 5.78 Å². The molecule has 0 amide bonds. The average Bonchev–Trinajstić information content (AvgIpc) is 3.07. The number of nitrogen functional groups attached to an aromatic ring is 1. The molecule has 5 heteroatoms. The molecule has 4 rings (SSSR count). The molecule has 1 fully saturated rings. The largest absolute Gasteiger partial charge is 0.397 e. The Hall–Kier alpha value is -1.33. The molecule has 2 N–H and O–H groups in total. The van der Waals surface area contributed by atoms with Crippen LogP contribution in [0.5, 0.6) is 0 Å². The monoisotopic (exact) mass is 318 g/mol. The van der Waals surface area contributed by atoms with Crippen LogP contribution >= 0.6 is 22.7 Å². The van der Waals surface area contributed by atoms with Crippen LogP contribution in [-0.4, -0.2) is 12.3 Å². The summed E-state index contributed by atoms with van der Waals surface area (Å²) in [6, 6.07) is 2.23. The maximum Gasteiger partial charge on any atom is 0.171 e. The van der Waals surface area contributed by atoms with Crippen molar-refractivity contribution < 1.29 is 4.79 Å². The van der Waals surface area contributed by atoms with E-state index in [1.807, 2.05) is 11.3 Å². The van der Waals surface area contributed by atoms with Gasteiger partial charge in [0.05, 0.1) is 15.6 Å². The van der Waals surface area contributed by atoms with Gasteiger partial charge in [0.1, 0.15) is 0 Å². The van der Waals surface area contributed by atoms with Crippen LogP contribution in [0.1, 0.15) is 51.4 Å². The van der Waals surface area contributed by atoms with Crippen molar-refractivity contribution in [1.29, 1.82) is 0 Å². The van der Waals surface area contributed by atoms with E-state index in [2.05, 4.69) is 16.3 Å². The van der Waals surface area contributed by atoms with Crippen molar-refractivity contribution in [3.8, 4) is 0 Å². The Balaban J connectivity index is 1.75. The first-order chi connectivity index (χ1) is 10.1. The summed E-state index contributed by atoms with van der Waals surface area (Å²) in [7, 11) is 0. The molecule has 1 saturated carbocycles. The van der Waals surface area contributed by atoms with Crippen LogP contribution < -0.4 is 10.6 Å². The highest BCUT2D eigenvalue weighted by molar-refractivity contribution is 7.19. The number of thiophene rings is 2. The zero-order chi connectivity index (χ0) is 14.6. The Kier molecular flexibility index (Phi) is 3.08. The zero-order valence-corrected chi connectivity index (χ0v) is 13.6. The van der Waals surface area contributed by atoms with E-state index >= 15 is 0 Å². The minimum absolute atomic E-state index is 0.0962. The molecule has 0 bridgehead atoms. The first-order valence-corrected chi connectivity index (χ1v) is 9.08. The van der Waals surface area contributed by atoms with Crippen LogP contribution in [0.2, 0.25) is 0 Å². The highest BCUT2D eigenvalue weighted by Crippen LogP contribution is 2.52. The van der Waals surface area contributed by atoms with Crippen molar-refractivity contribution in [1.82, 2.24) is 0 Å². The van der Waals surface area contributed by atoms with Crippen LogP contribution in [0.15, 0.2) is 11.4 Å². The number of hydrogen-bond acceptors (Lipinski definition) is 5. The second kappa shape index (κ2) is 4.85. The topological polar surface area (TPSA) is 46.3 Å². The second-order valence-electron chi connectivity index (χ2n) is 5.93. The number of nitrogens with two attached hydrogens (primary N) is 1. The Morgan fingerprint density at radius 3 is 2.95 bits per heavy atom. The summed E-state index contributed by atoms with van der Waals surface area (Å²) in [5.41, 5.74) is 9.73. The number of anilines is 2. The van der Waals surface area contributed by atoms with E-state index in [4.69, 9.17) is 5.73 Å². The van der Waals surface area contributed by atoms with Gasteiger partial charge in [0.2, 0.25) is 0 Å². The lowest BCUT2D eigenvalue weighted by atomic mass is 10.1. The number of fused-ring (bicyclic) bond motifs is 1. The molecule has 2 aromatic heterocycles. The second-order valence-corrected chi connectivity index (χ2v) is 7.93. The van der Waals surface area contributed by atoms with Crippen molar-refractivity contribution in [2.75, 3.05) is 17.2 Å². The normalized spacial score (nSPS) is 17.9. The zero-order valence-electron chi connectivity index (χ0n) is 12.0. The average molecular weight is 318 g/mol. The SMILES string of the molecule is CC(=O)c1sc(N2CCc3sccc3C2)c(C2CC2)c1N. The fraction of sp³-hybridized carbons (Fsp3) is 0.438. The van der Waals surface area contributed by atoms with Gasteiger partial charge in [-0.05, 0) is 42.2 Å². The molecule has 2 aromatic rings. The van der Waals surface area contributed by atoms with Gasteiger partial charge in [0, 0.05) is 30.5 Å². The molecule has 1 aliphatic heterocycles. The molecule has 0 unspecified atom stereocenters. The molecule has 21 heavy (non-hydrogen) atoms. The molecule has 1 aliphatic carbocycles. The van der Waals surface area contributed by atoms with Gasteiger partial charge in [0.25, 0.3) is 0 Å². The van der Waals surface area contributed by atoms with Crippen LogP contribution in [0.4, 0.5) is 10.7 Å². The molecule has 0 spiro atoms. The highest BCUT2D eigenvalue weighted by atomic mass is 32.1. The van der Waals surface area contributed by atoms with Crippen molar-refractivity contribution in [3.63, 3.8) is 0 Å². The number of carbonyl (C=O) groups excluding carboxylic acids is 1. The standard InChI is InChI=1S/C16H18N2OS2/c1-9(19)15-14(17)13(10-2-3-10)16(21-15)18-6-4-12-11(8-18)5-7-20-12/h5,7,10H,2-4,6,8,17H2,1H3. The maximum atomic E-state index is 11.8. The Labute approximate surface area is 132 Å². The molecule has 3 nitrogen and oxygen atoms in total. The first-order valence-electron chi connectivity index (χ1n) is 7.38. The van der Waals surface area contributed by atoms with Gasteiger partial charge in [-0.1, -0.05) is 0 Å². The van der Waals surface area contributed by atoms with Gasteiger partial charge in [-0.2, -0.15) is 0 Å². The lowest BCUT2D eigenvalue weighted by Gasteiger charge is -2.29. The van der Waals surface area contributed by atoms with E-state index in [1.54, 1.807) is 18.3 Å². The molecular weight excluding hydrogens is 300 g/mol. The number of Topliss-reactive ketones (excluding diaryl/α,β-unsaturated/α-hetero) is 1. The molecule has 0 radical (unpaired) electrons. The summed E-state index contributed by atoms with van der Waals surface area (Å²) in [4.78, 5) is 16.5. The quantitative estimate of drug-likeness (QED) is 0.869. The first kappa shape index (κ1) is 13.3. The maximum absolute atomic E-state index is 11.8. The van der Waals surface area contributed by atoms with Crippen LogP contribution in [-0.2, 0) is 13.0 Å². The third-order valence-electron chi connectivity index (χ3n) is 4.36. The smallest absolute Gasteiger partial charge is 0.171 e. The van der Waals surface area contributed by atoms with E-state index in [0.29, 0.717) is 5.92 Å². The lowest BCUT2D eigenvalue weighted by Crippen LogP contribution is -2.29. The number of nitrogens with zero attached hydrogens (tertiary/aromatic N) is 1. The van der Waals surface area contributed by atoms with Gasteiger partial charge in [-0.3, -0.25) is 4.79 Å². The number of ketones is 1. The van der Waals surface area contributed by atoms with Crippen LogP contribution in [0, 0.1) is 0 Å². The van der Waals surface area contributed by atoms with Gasteiger partial charge in [-0.15, -0.1) is 22.7 Å². The van der Waals surface area contributed by atoms with E-state index < -0.39 is 0 Å². The minimum Gasteiger partial charge on any atom is -0.397 e. The van der Waals surface area contributed by atoms with E-state index in [1.165, 1.54) is 33.8 Å². The molecule has 2 aliphatic rings. The van der Waals surface area contributed by atoms with E-state index in [0.717, 1.165) is 30.1 Å². The van der Waals surface area contributed by atoms with Crippen molar-refractivity contribution in [2.45, 2.75) is 38.6 Å². The van der Waals surface area contributed by atoms with Crippen LogP contribution in [0.3, 0.4) is 0 Å². The van der Waals surface area contributed by atoms with Gasteiger partial charge in [-0.25, -0.2) is 0 Å². The summed E-state index contributed by atoms with van der Waals surface area (Å²) in [6.07, 6.45) is 3.52. The fourth-order valence-corrected chi connectivity index (χ4v) is 5.25. The lowest BCUT2D eigenvalue weighted by molar-refractivity contribution is 0.102. The third kappa shape index (κ3) is 2.19. The molecule has 0 saturated heterocycles. The predicted octanol–water partition coefficient (Wildman–Crippen LogP) is 4.03. The van der Waals surface area contributed by atoms with Crippen molar-refractivity contribution in [3.05, 3.63) is 32.3 Å². The molecule has 3 heterocycles. The number of carbonyl (C=O) groups is 1. The Bertz CT molecular complexity index is 712. The van der Waals surface area contributed by atoms with Crippen molar-refractivity contribution in [2.24, 2.45) is 0 Å². The fourth-order valence-electron chi connectivity index (χ4n) is 3.13. The van der Waals surface area contributed by atoms with Crippen molar-refractivity contribution >= 4 is 39.1 Å². The minimum atomic E-state index is 0.0962. The number of hydrogen-bond donors (Lipinski definition) is 1. The Morgan fingerprint density at radius 1 is 1.43 bits per heavy atom. The molecular formula is C16H18N2OS2. The summed E-state index contributed by atoms with van der Waals surface area (Å²) >= 11 is 3.46. The highest BCUT2D eigenvalue weighted by Gasteiger charge is 2.34. The summed E-state index contributed by atoms with van der Waals surface area (Å²) in [6.45, 7) is 3.61. The van der Waals surface area contributed by atoms with Gasteiger partial charge < -0.3 is 10.6 Å². The summed E-state index contributed by atoms with van der Waals surface area (Å²) in [5, 5.41) is 3.43. The molecule has 0 atom stereocenters. The van der Waals surface area contributed by atoms with Gasteiger partial charge >= 0.3 is 0 Å². The summed E-state index contributed by atoms with van der Waals surface area (Å²) in [5.74, 6) is 0.673. The van der Waals surface area contributed by atoms with Crippen LogP contribution in [0.25, 0.3) is 0 Å². The molecule has 0 aromatic carbocycles. The predicted molar refractivity (Wildman–Crippen MR) is 89.8 cm³/mol. The molecule has 110 valence electrons. The third-order valence-corrected chi connectivity index (χ3v) is 6.77. The van der Waals surface area contributed by atoms with E-state index in [-0.39, 0.29) is 5.78 Å². The number of rotatable bonds is 3. The Morgan fingerprint density at radius 2 is 2.24 bits per heavy atom. The summed E-state index contributed by atoms with van der Waals surface area (Å²) < 4.78 is 0. The van der Waals surface area contributed by atoms with E-state index in [9.17, 15) is 4.79 Å².